The van der Waals surface area contributed by atoms with Crippen molar-refractivity contribution in [2.75, 3.05) is 0 Å². The van der Waals surface area contributed by atoms with Gasteiger partial charge in [0, 0.05) is 22.2 Å². The Labute approximate surface area is 86.3 Å². The third-order valence-electron chi connectivity index (χ3n) is 1.99. The lowest BCUT2D eigenvalue weighted by Gasteiger charge is -2.06. The molecule has 78 valence electrons. The second-order valence-electron chi connectivity index (χ2n) is 3.34. The SMILES string of the molecule is CC(C)c1ccc(N=[N+]=[N-])cc1[N+](=O)[O-]. The van der Waals surface area contributed by atoms with Gasteiger partial charge >= 0.3 is 0 Å². The zero-order valence-corrected chi connectivity index (χ0v) is 8.41. The molecule has 1 aromatic rings. The summed E-state index contributed by atoms with van der Waals surface area (Å²) < 4.78 is 0. The molecule has 15 heavy (non-hydrogen) atoms. The molecule has 1 rings (SSSR count). The molecule has 0 N–H and O–H groups in total. The molecular formula is C9H10N4O2. The molecule has 0 heterocycles. The van der Waals surface area contributed by atoms with Gasteiger partial charge in [-0.3, -0.25) is 10.1 Å². The summed E-state index contributed by atoms with van der Waals surface area (Å²) in [6.07, 6.45) is 0. The minimum Gasteiger partial charge on any atom is -0.258 e. The number of benzene rings is 1. The predicted molar refractivity (Wildman–Crippen MR) is 56.0 cm³/mol. The number of hydrogen-bond acceptors (Lipinski definition) is 3. The molecule has 0 aliphatic heterocycles. The summed E-state index contributed by atoms with van der Waals surface area (Å²) in [4.78, 5) is 12.9. The van der Waals surface area contributed by atoms with Gasteiger partial charge in [0.1, 0.15) is 0 Å². The number of azide groups is 1. The maximum Gasteiger partial charge on any atom is 0.273 e. The van der Waals surface area contributed by atoms with Crippen LogP contribution in [-0.4, -0.2) is 4.92 Å². The highest BCUT2D eigenvalue weighted by Gasteiger charge is 2.16. The fraction of sp³-hybridized carbons (Fsp3) is 0.333. The first-order valence-corrected chi connectivity index (χ1v) is 4.39. The number of rotatable bonds is 3. The van der Waals surface area contributed by atoms with Crippen LogP contribution < -0.4 is 0 Å². The van der Waals surface area contributed by atoms with Crippen LogP contribution in [0.1, 0.15) is 25.3 Å². The number of hydrogen-bond donors (Lipinski definition) is 0. The van der Waals surface area contributed by atoms with E-state index in [2.05, 4.69) is 10.0 Å². The molecule has 0 bridgehead atoms. The zero-order chi connectivity index (χ0) is 11.4. The molecule has 0 fully saturated rings. The lowest BCUT2D eigenvalue weighted by molar-refractivity contribution is -0.385. The van der Waals surface area contributed by atoms with Gasteiger partial charge in [-0.25, -0.2) is 0 Å². The van der Waals surface area contributed by atoms with Crippen molar-refractivity contribution >= 4 is 11.4 Å². The maximum atomic E-state index is 10.8. The van der Waals surface area contributed by atoms with E-state index in [-0.39, 0.29) is 17.3 Å². The second kappa shape index (κ2) is 4.43. The highest BCUT2D eigenvalue weighted by Crippen LogP contribution is 2.30. The van der Waals surface area contributed by atoms with E-state index < -0.39 is 4.92 Å². The first kappa shape index (κ1) is 11.0. The molecule has 0 atom stereocenters. The highest BCUT2D eigenvalue weighted by atomic mass is 16.6. The van der Waals surface area contributed by atoms with E-state index in [9.17, 15) is 10.1 Å². The Morgan fingerprint density at radius 2 is 2.20 bits per heavy atom. The van der Waals surface area contributed by atoms with Crippen molar-refractivity contribution in [3.63, 3.8) is 0 Å². The fourth-order valence-electron chi connectivity index (χ4n) is 1.29. The first-order chi connectivity index (χ1) is 7.06. The Morgan fingerprint density at radius 1 is 1.53 bits per heavy atom. The van der Waals surface area contributed by atoms with Crippen molar-refractivity contribution in [1.29, 1.82) is 0 Å². The van der Waals surface area contributed by atoms with Gasteiger partial charge in [-0.15, -0.1) is 0 Å². The third kappa shape index (κ3) is 2.45. The molecule has 0 unspecified atom stereocenters. The predicted octanol–water partition coefficient (Wildman–Crippen LogP) is 3.66. The molecule has 1 aromatic carbocycles. The standard InChI is InChI=1S/C9H10N4O2/c1-6(2)8-4-3-7(11-12-10)5-9(8)13(14)15/h3-6H,1-2H3. The molecule has 6 nitrogen and oxygen atoms in total. The summed E-state index contributed by atoms with van der Waals surface area (Å²) >= 11 is 0. The largest absolute Gasteiger partial charge is 0.273 e. The minimum atomic E-state index is -0.467. The lowest BCUT2D eigenvalue weighted by Crippen LogP contribution is -1.96. The summed E-state index contributed by atoms with van der Waals surface area (Å²) in [6, 6.07) is 4.48. The smallest absolute Gasteiger partial charge is 0.258 e. The number of nitro benzene ring substituents is 1. The fourth-order valence-corrected chi connectivity index (χ4v) is 1.29. The van der Waals surface area contributed by atoms with Crippen molar-refractivity contribution < 1.29 is 4.92 Å². The molecule has 0 aromatic heterocycles. The summed E-state index contributed by atoms with van der Waals surface area (Å²) in [5, 5.41) is 14.1. The van der Waals surface area contributed by atoms with Crippen LogP contribution in [0, 0.1) is 10.1 Å². The molecule has 0 amide bonds. The summed E-state index contributed by atoms with van der Waals surface area (Å²) in [7, 11) is 0. The summed E-state index contributed by atoms with van der Waals surface area (Å²) in [6.45, 7) is 3.74. The normalized spacial score (nSPS) is 9.80. The Kier molecular flexibility index (Phi) is 3.25. The molecule has 0 radical (unpaired) electrons. The third-order valence-corrected chi connectivity index (χ3v) is 1.99. The van der Waals surface area contributed by atoms with Crippen LogP contribution in [-0.2, 0) is 0 Å². The van der Waals surface area contributed by atoms with E-state index in [4.69, 9.17) is 5.53 Å². The Hall–Kier alpha value is -2.07. The molecule has 0 saturated carbocycles. The van der Waals surface area contributed by atoms with Crippen LogP contribution in [0.3, 0.4) is 0 Å². The highest BCUT2D eigenvalue weighted by molar-refractivity contribution is 5.53. The van der Waals surface area contributed by atoms with E-state index >= 15 is 0 Å². The molecule has 0 spiro atoms. The van der Waals surface area contributed by atoms with Crippen LogP contribution in [0.25, 0.3) is 10.4 Å². The van der Waals surface area contributed by atoms with Crippen LogP contribution in [0.5, 0.6) is 0 Å². The average molecular weight is 206 g/mol. The van der Waals surface area contributed by atoms with Crippen molar-refractivity contribution in [1.82, 2.24) is 0 Å². The van der Waals surface area contributed by atoms with Gasteiger partial charge < -0.3 is 0 Å². The van der Waals surface area contributed by atoms with E-state index in [1.807, 2.05) is 13.8 Å². The van der Waals surface area contributed by atoms with E-state index in [0.29, 0.717) is 5.56 Å². The number of nitrogens with zero attached hydrogens (tertiary/aromatic N) is 4. The Bertz CT molecular complexity index is 436. The van der Waals surface area contributed by atoms with Crippen LogP contribution in [0.15, 0.2) is 23.3 Å². The van der Waals surface area contributed by atoms with Crippen LogP contribution in [0.2, 0.25) is 0 Å². The van der Waals surface area contributed by atoms with Crippen LogP contribution in [0.4, 0.5) is 11.4 Å². The van der Waals surface area contributed by atoms with Gasteiger partial charge in [-0.05, 0) is 11.4 Å². The first-order valence-electron chi connectivity index (χ1n) is 4.39. The van der Waals surface area contributed by atoms with Crippen molar-refractivity contribution in [2.24, 2.45) is 5.11 Å². The molecule has 0 saturated heterocycles. The molecule has 0 aliphatic rings. The van der Waals surface area contributed by atoms with Gasteiger partial charge in [0.05, 0.1) is 4.92 Å². The van der Waals surface area contributed by atoms with Gasteiger partial charge in [-0.2, -0.15) is 0 Å². The van der Waals surface area contributed by atoms with E-state index in [1.54, 1.807) is 12.1 Å². The maximum absolute atomic E-state index is 10.8. The average Bonchev–Trinajstić information content (AvgIpc) is 2.17. The Balaban J connectivity index is 3.32. The van der Waals surface area contributed by atoms with E-state index in [0.717, 1.165) is 0 Å². The van der Waals surface area contributed by atoms with Gasteiger partial charge in [0.15, 0.2) is 0 Å². The molecule has 6 heteroatoms. The zero-order valence-electron chi connectivity index (χ0n) is 8.41. The summed E-state index contributed by atoms with van der Waals surface area (Å²) in [5.41, 5.74) is 9.11. The van der Waals surface area contributed by atoms with Crippen LogP contribution >= 0.6 is 0 Å². The molecule has 0 aliphatic carbocycles. The number of nitro groups is 1. The quantitative estimate of drug-likeness (QED) is 0.248. The minimum absolute atomic E-state index is 0.00472. The van der Waals surface area contributed by atoms with Gasteiger partial charge in [0.25, 0.3) is 5.69 Å². The second-order valence-corrected chi connectivity index (χ2v) is 3.34. The summed E-state index contributed by atoms with van der Waals surface area (Å²) in [5.74, 6) is 0.0607. The molecular weight excluding hydrogens is 196 g/mol. The van der Waals surface area contributed by atoms with Crippen molar-refractivity contribution in [2.45, 2.75) is 19.8 Å². The van der Waals surface area contributed by atoms with Crippen molar-refractivity contribution in [3.05, 3.63) is 44.3 Å². The Morgan fingerprint density at radius 3 is 2.67 bits per heavy atom. The van der Waals surface area contributed by atoms with Crippen molar-refractivity contribution in [3.8, 4) is 0 Å². The van der Waals surface area contributed by atoms with Gasteiger partial charge in [-0.1, -0.05) is 31.1 Å². The van der Waals surface area contributed by atoms with Gasteiger partial charge in [0.2, 0.25) is 0 Å². The monoisotopic (exact) mass is 206 g/mol. The van der Waals surface area contributed by atoms with E-state index in [1.165, 1.54) is 6.07 Å². The lowest BCUT2D eigenvalue weighted by atomic mass is 10.0. The topological polar surface area (TPSA) is 91.9 Å².